The molecule has 3 amide bonds. The van der Waals surface area contributed by atoms with E-state index in [4.69, 9.17) is 0 Å². The molecule has 140 valence electrons. The molecule has 0 aromatic heterocycles. The molecule has 1 saturated heterocycles. The Hall–Kier alpha value is -3.29. The number of hydrogen-bond acceptors (Lipinski definition) is 3. The summed E-state index contributed by atoms with van der Waals surface area (Å²) in [5.74, 6) is -3.70. The number of halogens is 2. The van der Waals surface area contributed by atoms with E-state index in [-0.39, 0.29) is 5.91 Å². The third kappa shape index (κ3) is 4.11. The quantitative estimate of drug-likeness (QED) is 0.812. The highest BCUT2D eigenvalue weighted by Crippen LogP contribution is 2.27. The largest absolute Gasteiger partial charge is 0.318 e. The van der Waals surface area contributed by atoms with Gasteiger partial charge >= 0.3 is 11.8 Å². The highest BCUT2D eigenvalue weighted by molar-refractivity contribution is 6.43. The predicted molar refractivity (Wildman–Crippen MR) is 96.4 cm³/mol. The Balaban J connectivity index is 1.68. The third-order valence-corrected chi connectivity index (χ3v) is 4.20. The molecule has 0 unspecified atom stereocenters. The molecule has 0 spiro atoms. The molecular formula is C19H17F2N3O3. The molecular weight excluding hydrogens is 356 g/mol. The van der Waals surface area contributed by atoms with Crippen LogP contribution < -0.4 is 15.5 Å². The maximum atomic E-state index is 13.6. The lowest BCUT2D eigenvalue weighted by atomic mass is 10.1. The van der Waals surface area contributed by atoms with Gasteiger partial charge in [-0.05, 0) is 49.2 Å². The zero-order valence-electron chi connectivity index (χ0n) is 14.5. The summed E-state index contributed by atoms with van der Waals surface area (Å²) in [6, 6.07) is 7.44. The van der Waals surface area contributed by atoms with Gasteiger partial charge in [0, 0.05) is 30.4 Å². The van der Waals surface area contributed by atoms with Crippen molar-refractivity contribution in [2.24, 2.45) is 0 Å². The van der Waals surface area contributed by atoms with Crippen LogP contribution in [0.5, 0.6) is 0 Å². The number of amides is 3. The topological polar surface area (TPSA) is 78.5 Å². The van der Waals surface area contributed by atoms with Crippen molar-refractivity contribution in [1.29, 1.82) is 0 Å². The summed E-state index contributed by atoms with van der Waals surface area (Å²) in [5.41, 5.74) is 1.44. The number of nitrogens with zero attached hydrogens (tertiary/aromatic N) is 1. The van der Waals surface area contributed by atoms with Crippen molar-refractivity contribution in [2.75, 3.05) is 22.1 Å². The first-order valence-corrected chi connectivity index (χ1v) is 8.33. The van der Waals surface area contributed by atoms with Crippen LogP contribution in [-0.2, 0) is 14.4 Å². The molecule has 3 rings (SSSR count). The first-order chi connectivity index (χ1) is 12.8. The van der Waals surface area contributed by atoms with Gasteiger partial charge in [0.05, 0.1) is 5.69 Å². The average molecular weight is 373 g/mol. The van der Waals surface area contributed by atoms with Crippen molar-refractivity contribution in [3.8, 4) is 0 Å². The third-order valence-electron chi connectivity index (χ3n) is 4.20. The van der Waals surface area contributed by atoms with Crippen LogP contribution in [0.3, 0.4) is 0 Å². The number of anilines is 3. The van der Waals surface area contributed by atoms with Crippen LogP contribution in [0.15, 0.2) is 36.4 Å². The molecule has 6 nitrogen and oxygen atoms in total. The van der Waals surface area contributed by atoms with Gasteiger partial charge in [0.1, 0.15) is 11.6 Å². The van der Waals surface area contributed by atoms with E-state index >= 15 is 0 Å². The summed E-state index contributed by atoms with van der Waals surface area (Å²) >= 11 is 0. The fourth-order valence-electron chi connectivity index (χ4n) is 2.90. The Bertz CT molecular complexity index is 930. The maximum absolute atomic E-state index is 13.6. The van der Waals surface area contributed by atoms with E-state index in [0.717, 1.165) is 35.9 Å². The van der Waals surface area contributed by atoms with Crippen molar-refractivity contribution in [2.45, 2.75) is 19.8 Å². The molecule has 8 heteroatoms. The van der Waals surface area contributed by atoms with Gasteiger partial charge in [-0.25, -0.2) is 8.78 Å². The minimum absolute atomic E-state index is 0.0476. The lowest BCUT2D eigenvalue weighted by Gasteiger charge is -2.19. The Kier molecular flexibility index (Phi) is 5.16. The van der Waals surface area contributed by atoms with Crippen LogP contribution in [0.1, 0.15) is 18.4 Å². The predicted octanol–water partition coefficient (Wildman–Crippen LogP) is 2.98. The van der Waals surface area contributed by atoms with E-state index in [1.807, 2.05) is 5.32 Å². The molecule has 2 aromatic carbocycles. The van der Waals surface area contributed by atoms with Gasteiger partial charge in [0.25, 0.3) is 0 Å². The average Bonchev–Trinajstić information content (AvgIpc) is 3.04. The molecule has 0 radical (unpaired) electrons. The summed E-state index contributed by atoms with van der Waals surface area (Å²) in [7, 11) is 0. The number of nitrogens with one attached hydrogen (secondary N) is 2. The minimum atomic E-state index is -1.13. The fraction of sp³-hybridized carbons (Fsp3) is 0.211. The smallest absolute Gasteiger partial charge is 0.314 e. The molecule has 27 heavy (non-hydrogen) atoms. The molecule has 1 fully saturated rings. The summed E-state index contributed by atoms with van der Waals surface area (Å²) in [5, 5.41) is 4.42. The van der Waals surface area contributed by atoms with Gasteiger partial charge in [-0.2, -0.15) is 0 Å². The van der Waals surface area contributed by atoms with Crippen LogP contribution in [0.4, 0.5) is 25.8 Å². The van der Waals surface area contributed by atoms with Crippen molar-refractivity contribution >= 4 is 34.8 Å². The van der Waals surface area contributed by atoms with Gasteiger partial charge in [-0.3, -0.25) is 14.4 Å². The minimum Gasteiger partial charge on any atom is -0.318 e. The second-order valence-electron chi connectivity index (χ2n) is 6.18. The van der Waals surface area contributed by atoms with Crippen molar-refractivity contribution in [3.63, 3.8) is 0 Å². The first kappa shape index (κ1) is 18.5. The van der Waals surface area contributed by atoms with Crippen LogP contribution >= 0.6 is 0 Å². The van der Waals surface area contributed by atoms with Gasteiger partial charge in [-0.15, -0.1) is 0 Å². The van der Waals surface area contributed by atoms with Crippen LogP contribution in [0.25, 0.3) is 0 Å². The van der Waals surface area contributed by atoms with Crippen LogP contribution in [0, 0.1) is 18.6 Å². The molecule has 1 aliphatic rings. The SMILES string of the molecule is Cc1cc(NC(=O)C(=O)Nc2cc(F)ccc2F)ccc1N1CCCC1=O. The summed E-state index contributed by atoms with van der Waals surface area (Å²) in [4.78, 5) is 37.5. The number of hydrogen-bond donors (Lipinski definition) is 2. The normalized spacial score (nSPS) is 13.6. The lowest BCUT2D eigenvalue weighted by Crippen LogP contribution is -2.29. The summed E-state index contributed by atoms with van der Waals surface area (Å²) in [6.45, 7) is 2.44. The summed E-state index contributed by atoms with van der Waals surface area (Å²) < 4.78 is 26.7. The fourth-order valence-corrected chi connectivity index (χ4v) is 2.90. The highest BCUT2D eigenvalue weighted by Gasteiger charge is 2.23. The van der Waals surface area contributed by atoms with E-state index in [1.54, 1.807) is 30.0 Å². The second kappa shape index (κ2) is 7.53. The number of aryl methyl sites for hydroxylation is 1. The van der Waals surface area contributed by atoms with E-state index in [1.165, 1.54) is 0 Å². The van der Waals surface area contributed by atoms with Gasteiger partial charge in [0.15, 0.2) is 0 Å². The van der Waals surface area contributed by atoms with E-state index in [0.29, 0.717) is 18.7 Å². The molecule has 2 aromatic rings. The number of carbonyl (C=O) groups excluding carboxylic acids is 3. The zero-order chi connectivity index (χ0) is 19.6. The number of carbonyl (C=O) groups is 3. The highest BCUT2D eigenvalue weighted by atomic mass is 19.1. The van der Waals surface area contributed by atoms with E-state index in [9.17, 15) is 23.2 Å². The second-order valence-corrected chi connectivity index (χ2v) is 6.18. The molecule has 2 N–H and O–H groups in total. The molecule has 0 bridgehead atoms. The monoisotopic (exact) mass is 373 g/mol. The number of rotatable bonds is 3. The summed E-state index contributed by atoms with van der Waals surface area (Å²) in [6.07, 6.45) is 1.31. The van der Waals surface area contributed by atoms with Crippen LogP contribution in [0.2, 0.25) is 0 Å². The Morgan fingerprint density at radius 2 is 1.78 bits per heavy atom. The zero-order valence-corrected chi connectivity index (χ0v) is 14.5. The molecule has 1 aliphatic heterocycles. The van der Waals surface area contributed by atoms with Crippen molar-refractivity contribution in [3.05, 3.63) is 53.6 Å². The van der Waals surface area contributed by atoms with Crippen LogP contribution in [-0.4, -0.2) is 24.3 Å². The maximum Gasteiger partial charge on any atom is 0.314 e. The van der Waals surface area contributed by atoms with Gasteiger partial charge in [0.2, 0.25) is 5.91 Å². The van der Waals surface area contributed by atoms with Crippen molar-refractivity contribution < 1.29 is 23.2 Å². The van der Waals surface area contributed by atoms with Gasteiger partial charge in [-0.1, -0.05) is 0 Å². The Morgan fingerprint density at radius 3 is 2.44 bits per heavy atom. The molecule has 0 aliphatic carbocycles. The molecule has 0 saturated carbocycles. The molecule has 0 atom stereocenters. The first-order valence-electron chi connectivity index (χ1n) is 8.33. The number of benzene rings is 2. The van der Waals surface area contributed by atoms with Gasteiger partial charge < -0.3 is 15.5 Å². The molecule has 1 heterocycles. The standard InChI is InChI=1S/C19H17F2N3O3/c1-11-9-13(5-7-16(11)24-8-2-3-17(24)25)22-18(26)19(27)23-15-10-12(20)4-6-14(15)21/h4-7,9-10H,2-3,8H2,1H3,(H,22,26)(H,23,27). The Morgan fingerprint density at radius 1 is 1.04 bits per heavy atom. The van der Waals surface area contributed by atoms with E-state index in [2.05, 4.69) is 5.32 Å². The van der Waals surface area contributed by atoms with Crippen molar-refractivity contribution in [1.82, 2.24) is 0 Å². The van der Waals surface area contributed by atoms with E-state index < -0.39 is 29.1 Å². The lowest BCUT2D eigenvalue weighted by molar-refractivity contribution is -0.133. The Labute approximate surface area is 154 Å².